The summed E-state index contributed by atoms with van der Waals surface area (Å²) in [5.41, 5.74) is 0.668. The van der Waals surface area contributed by atoms with Crippen LogP contribution in [-0.4, -0.2) is 10.9 Å². The van der Waals surface area contributed by atoms with E-state index in [9.17, 15) is 0 Å². The number of allylic oxidation sites excluding steroid dienone is 2. The van der Waals surface area contributed by atoms with Crippen LogP contribution in [-0.2, 0) is 0 Å². The number of oxime groups is 1. The van der Waals surface area contributed by atoms with Crippen molar-refractivity contribution in [3.8, 4) is 0 Å². The van der Waals surface area contributed by atoms with E-state index >= 15 is 0 Å². The van der Waals surface area contributed by atoms with Crippen molar-refractivity contribution in [2.45, 2.75) is 39.5 Å². The molecule has 0 aromatic carbocycles. The first-order chi connectivity index (χ1) is 5.31. The van der Waals surface area contributed by atoms with E-state index in [4.69, 9.17) is 5.21 Å². The molecule has 0 unspecified atom stereocenters. The third-order valence-corrected chi connectivity index (χ3v) is 1.49. The summed E-state index contributed by atoms with van der Waals surface area (Å²) in [6, 6.07) is 0. The van der Waals surface area contributed by atoms with Crippen LogP contribution in [0.3, 0.4) is 0 Å². The molecule has 11 heavy (non-hydrogen) atoms. The maximum atomic E-state index is 8.27. The van der Waals surface area contributed by atoms with E-state index < -0.39 is 0 Å². The highest BCUT2D eigenvalue weighted by Gasteiger charge is 1.83. The van der Waals surface area contributed by atoms with Gasteiger partial charge in [-0.15, -0.1) is 0 Å². The number of rotatable bonds is 5. The Balaban J connectivity index is 3.30. The van der Waals surface area contributed by atoms with Gasteiger partial charge in [-0.2, -0.15) is 0 Å². The van der Waals surface area contributed by atoms with Gasteiger partial charge in [-0.05, 0) is 25.8 Å². The van der Waals surface area contributed by atoms with Gasteiger partial charge in [-0.25, -0.2) is 0 Å². The van der Waals surface area contributed by atoms with E-state index in [1.165, 1.54) is 19.3 Å². The topological polar surface area (TPSA) is 32.6 Å². The monoisotopic (exact) mass is 155 g/mol. The van der Waals surface area contributed by atoms with E-state index in [2.05, 4.69) is 12.1 Å². The summed E-state index contributed by atoms with van der Waals surface area (Å²) in [4.78, 5) is 0. The molecule has 0 saturated heterocycles. The lowest BCUT2D eigenvalue weighted by molar-refractivity contribution is 0.319. The molecule has 0 rings (SSSR count). The zero-order valence-corrected chi connectivity index (χ0v) is 7.38. The Bertz CT molecular complexity index is 138. The first kappa shape index (κ1) is 10.2. The minimum absolute atomic E-state index is 0.668. The maximum Gasteiger partial charge on any atom is 0.0761 e. The zero-order chi connectivity index (χ0) is 8.53. The smallest absolute Gasteiger partial charge is 0.0761 e. The summed E-state index contributed by atoms with van der Waals surface area (Å²) in [7, 11) is 0. The van der Waals surface area contributed by atoms with E-state index in [1.54, 1.807) is 6.92 Å². The van der Waals surface area contributed by atoms with E-state index in [-0.39, 0.29) is 0 Å². The highest BCUT2D eigenvalue weighted by molar-refractivity contribution is 5.92. The van der Waals surface area contributed by atoms with Crippen molar-refractivity contribution in [1.82, 2.24) is 0 Å². The fourth-order valence-corrected chi connectivity index (χ4v) is 0.799. The summed E-state index contributed by atoms with van der Waals surface area (Å²) in [5, 5.41) is 11.3. The van der Waals surface area contributed by atoms with E-state index in [0.29, 0.717) is 5.71 Å². The van der Waals surface area contributed by atoms with Gasteiger partial charge in [0.1, 0.15) is 0 Å². The van der Waals surface area contributed by atoms with Crippen LogP contribution in [0.2, 0.25) is 0 Å². The average Bonchev–Trinajstić information content (AvgIpc) is 2.04. The molecule has 0 heterocycles. The third-order valence-electron chi connectivity index (χ3n) is 1.49. The van der Waals surface area contributed by atoms with Crippen molar-refractivity contribution in [1.29, 1.82) is 0 Å². The fourth-order valence-electron chi connectivity index (χ4n) is 0.799. The summed E-state index contributed by atoms with van der Waals surface area (Å²) in [6.07, 6.45) is 8.73. The molecule has 0 radical (unpaired) electrons. The Morgan fingerprint density at radius 3 is 2.73 bits per heavy atom. The number of unbranched alkanes of at least 4 members (excludes halogenated alkanes) is 3. The average molecular weight is 155 g/mol. The molecule has 0 amide bonds. The predicted octanol–water partition coefficient (Wildman–Crippen LogP) is 2.97. The van der Waals surface area contributed by atoms with Gasteiger partial charge in [0.05, 0.1) is 5.71 Å². The molecule has 0 aromatic heterocycles. The van der Waals surface area contributed by atoms with Crippen molar-refractivity contribution >= 4 is 5.71 Å². The lowest BCUT2D eigenvalue weighted by Gasteiger charge is -1.90. The van der Waals surface area contributed by atoms with Gasteiger partial charge in [-0.1, -0.05) is 31.0 Å². The Kier molecular flexibility index (Phi) is 6.79. The van der Waals surface area contributed by atoms with Crippen LogP contribution >= 0.6 is 0 Å². The van der Waals surface area contributed by atoms with Crippen molar-refractivity contribution < 1.29 is 5.21 Å². The summed E-state index contributed by atoms with van der Waals surface area (Å²) in [5.74, 6) is 0. The van der Waals surface area contributed by atoms with Gasteiger partial charge in [0.15, 0.2) is 0 Å². The largest absolute Gasteiger partial charge is 0.411 e. The highest BCUT2D eigenvalue weighted by atomic mass is 16.4. The Hall–Kier alpha value is -0.790. The lowest BCUT2D eigenvalue weighted by atomic mass is 10.2. The molecular formula is C9H17NO. The van der Waals surface area contributed by atoms with Gasteiger partial charge >= 0.3 is 0 Å². The van der Waals surface area contributed by atoms with Crippen LogP contribution in [0.25, 0.3) is 0 Å². The SMILES string of the molecule is CCCCC/C=C/C(C)=N/O. The molecule has 0 spiro atoms. The molecule has 1 N–H and O–H groups in total. The highest BCUT2D eigenvalue weighted by Crippen LogP contribution is 1.99. The van der Waals surface area contributed by atoms with Crippen molar-refractivity contribution in [3.05, 3.63) is 12.2 Å². The Morgan fingerprint density at radius 1 is 1.45 bits per heavy atom. The minimum Gasteiger partial charge on any atom is -0.411 e. The summed E-state index contributed by atoms with van der Waals surface area (Å²) >= 11 is 0. The van der Waals surface area contributed by atoms with Crippen LogP contribution in [0.5, 0.6) is 0 Å². The second-order valence-electron chi connectivity index (χ2n) is 2.64. The fraction of sp³-hybridized carbons (Fsp3) is 0.667. The minimum atomic E-state index is 0.668. The number of hydrogen-bond donors (Lipinski definition) is 1. The molecule has 2 nitrogen and oxygen atoms in total. The standard InChI is InChI=1S/C9H17NO/c1-3-4-5-6-7-8-9(2)10-11/h7-8,11H,3-6H2,1-2H3/b8-7+,10-9+. The second kappa shape index (κ2) is 7.32. The van der Waals surface area contributed by atoms with Crippen LogP contribution in [0.15, 0.2) is 17.3 Å². The Labute approximate surface area is 68.6 Å². The molecule has 2 heteroatoms. The van der Waals surface area contributed by atoms with Gasteiger partial charge in [0.2, 0.25) is 0 Å². The number of hydrogen-bond acceptors (Lipinski definition) is 2. The maximum absolute atomic E-state index is 8.27. The first-order valence-electron chi connectivity index (χ1n) is 4.16. The van der Waals surface area contributed by atoms with E-state index in [0.717, 1.165) is 6.42 Å². The molecule has 0 aromatic rings. The molecule has 0 aliphatic carbocycles. The summed E-state index contributed by atoms with van der Waals surface area (Å²) in [6.45, 7) is 3.96. The van der Waals surface area contributed by atoms with Crippen LogP contribution in [0.1, 0.15) is 39.5 Å². The van der Waals surface area contributed by atoms with Gasteiger partial charge in [0.25, 0.3) is 0 Å². The first-order valence-corrected chi connectivity index (χ1v) is 4.16. The van der Waals surface area contributed by atoms with Crippen molar-refractivity contribution in [2.24, 2.45) is 5.16 Å². The van der Waals surface area contributed by atoms with Crippen molar-refractivity contribution in [3.63, 3.8) is 0 Å². The van der Waals surface area contributed by atoms with Gasteiger partial charge < -0.3 is 5.21 Å². The Morgan fingerprint density at radius 2 is 2.18 bits per heavy atom. The molecule has 0 aliphatic heterocycles. The quantitative estimate of drug-likeness (QED) is 0.281. The molecule has 0 bridgehead atoms. The third kappa shape index (κ3) is 7.10. The molecule has 0 saturated carbocycles. The van der Waals surface area contributed by atoms with Crippen LogP contribution < -0.4 is 0 Å². The predicted molar refractivity (Wildman–Crippen MR) is 48.2 cm³/mol. The lowest BCUT2D eigenvalue weighted by Crippen LogP contribution is -1.82. The molecule has 0 aliphatic rings. The van der Waals surface area contributed by atoms with E-state index in [1.807, 2.05) is 12.2 Å². The summed E-state index contributed by atoms with van der Waals surface area (Å²) < 4.78 is 0. The second-order valence-corrected chi connectivity index (χ2v) is 2.64. The molecule has 0 fully saturated rings. The zero-order valence-electron chi connectivity index (χ0n) is 7.38. The van der Waals surface area contributed by atoms with Gasteiger partial charge in [-0.3, -0.25) is 0 Å². The molecule has 64 valence electrons. The number of nitrogens with zero attached hydrogens (tertiary/aromatic N) is 1. The molecule has 0 atom stereocenters. The van der Waals surface area contributed by atoms with Gasteiger partial charge in [0, 0.05) is 0 Å². The molecular weight excluding hydrogens is 138 g/mol. The normalized spacial score (nSPS) is 12.7. The van der Waals surface area contributed by atoms with Crippen LogP contribution in [0, 0.1) is 0 Å². The van der Waals surface area contributed by atoms with Crippen LogP contribution in [0.4, 0.5) is 0 Å². The van der Waals surface area contributed by atoms with Crippen molar-refractivity contribution in [2.75, 3.05) is 0 Å².